The number of aromatic nitrogens is 2. The molecule has 2 heterocycles. The van der Waals surface area contributed by atoms with Gasteiger partial charge in [0, 0.05) is 13.0 Å². The van der Waals surface area contributed by atoms with Crippen LogP contribution in [-0.2, 0) is 28.4 Å². The normalized spacial score (nSPS) is 16.5. The monoisotopic (exact) mass is 319 g/mol. The van der Waals surface area contributed by atoms with Crippen molar-refractivity contribution in [2.75, 3.05) is 6.54 Å². The van der Waals surface area contributed by atoms with E-state index in [0.717, 1.165) is 17.0 Å². The van der Waals surface area contributed by atoms with Crippen LogP contribution in [0.2, 0.25) is 0 Å². The molecule has 0 amide bonds. The maximum absolute atomic E-state index is 12.8. The van der Waals surface area contributed by atoms with Gasteiger partial charge in [-0.05, 0) is 23.1 Å². The molecule has 1 aliphatic heterocycles. The Kier molecular flexibility index (Phi) is 3.61. The summed E-state index contributed by atoms with van der Waals surface area (Å²) in [6.45, 7) is 7.17. The fourth-order valence-corrected chi connectivity index (χ4v) is 4.08. The van der Waals surface area contributed by atoms with E-state index in [0.29, 0.717) is 24.4 Å². The third-order valence-electron chi connectivity index (χ3n) is 4.10. The molecule has 0 saturated heterocycles. The molecule has 0 unspecified atom stereocenters. The van der Waals surface area contributed by atoms with Gasteiger partial charge in [-0.2, -0.15) is 4.31 Å². The number of hydrogen-bond acceptors (Lipinski definition) is 3. The Morgan fingerprint density at radius 2 is 1.86 bits per heavy atom. The average Bonchev–Trinajstić information content (AvgIpc) is 2.94. The maximum Gasteiger partial charge on any atom is 0.243 e. The minimum absolute atomic E-state index is 0.0121. The summed E-state index contributed by atoms with van der Waals surface area (Å²) in [5, 5.41) is 0. The number of fused-ring (bicyclic) bond motifs is 1. The molecule has 1 aliphatic rings. The minimum atomic E-state index is -3.46. The van der Waals surface area contributed by atoms with Crippen LogP contribution in [0, 0.1) is 0 Å². The molecule has 6 heteroatoms. The van der Waals surface area contributed by atoms with Gasteiger partial charge in [0.1, 0.15) is 0 Å². The summed E-state index contributed by atoms with van der Waals surface area (Å²) in [4.78, 5) is 7.58. The Labute approximate surface area is 131 Å². The molecule has 3 rings (SSSR count). The van der Waals surface area contributed by atoms with Crippen LogP contribution >= 0.6 is 0 Å². The van der Waals surface area contributed by atoms with E-state index in [2.05, 4.69) is 30.7 Å². The van der Waals surface area contributed by atoms with Crippen LogP contribution in [0.25, 0.3) is 0 Å². The van der Waals surface area contributed by atoms with E-state index in [1.807, 2.05) is 12.1 Å². The number of H-pyrrole nitrogens is 1. The predicted octanol–water partition coefficient (Wildman–Crippen LogP) is 2.45. The highest BCUT2D eigenvalue weighted by Gasteiger charge is 2.29. The largest absolute Gasteiger partial charge is 0.347 e. The Morgan fingerprint density at radius 3 is 2.50 bits per heavy atom. The minimum Gasteiger partial charge on any atom is -0.347 e. The molecular weight excluding hydrogens is 298 g/mol. The van der Waals surface area contributed by atoms with Crippen molar-refractivity contribution in [2.45, 2.75) is 44.0 Å². The van der Waals surface area contributed by atoms with E-state index in [4.69, 9.17) is 0 Å². The van der Waals surface area contributed by atoms with Crippen LogP contribution in [0.5, 0.6) is 0 Å². The van der Waals surface area contributed by atoms with Crippen LogP contribution in [0.4, 0.5) is 0 Å². The SMILES string of the molecule is CC(C)(C)c1ccc(S(=O)(=O)N2CCc3nc[nH]c3C2)cc1. The summed E-state index contributed by atoms with van der Waals surface area (Å²) in [5.41, 5.74) is 3.00. The third-order valence-corrected chi connectivity index (χ3v) is 5.96. The number of aromatic amines is 1. The summed E-state index contributed by atoms with van der Waals surface area (Å²) in [7, 11) is -3.46. The van der Waals surface area contributed by atoms with Gasteiger partial charge in [0.05, 0.1) is 29.2 Å². The van der Waals surface area contributed by atoms with Gasteiger partial charge in [-0.3, -0.25) is 0 Å². The molecule has 22 heavy (non-hydrogen) atoms. The molecule has 0 fully saturated rings. The van der Waals surface area contributed by atoms with E-state index < -0.39 is 10.0 Å². The summed E-state index contributed by atoms with van der Waals surface area (Å²) < 4.78 is 27.1. The first-order chi connectivity index (χ1) is 10.3. The second kappa shape index (κ2) is 5.21. The van der Waals surface area contributed by atoms with Crippen molar-refractivity contribution in [3.05, 3.63) is 47.5 Å². The third kappa shape index (κ3) is 2.68. The highest BCUT2D eigenvalue weighted by molar-refractivity contribution is 7.89. The molecule has 5 nitrogen and oxygen atoms in total. The van der Waals surface area contributed by atoms with Gasteiger partial charge in [-0.15, -0.1) is 0 Å². The van der Waals surface area contributed by atoms with E-state index in [9.17, 15) is 8.42 Å². The number of nitrogens with zero attached hydrogens (tertiary/aromatic N) is 2. The molecule has 0 atom stereocenters. The quantitative estimate of drug-likeness (QED) is 0.924. The number of nitrogens with one attached hydrogen (secondary N) is 1. The first kappa shape index (κ1) is 15.2. The molecule has 0 spiro atoms. The highest BCUT2D eigenvalue weighted by atomic mass is 32.2. The lowest BCUT2D eigenvalue weighted by atomic mass is 9.87. The lowest BCUT2D eigenvalue weighted by Gasteiger charge is -2.26. The average molecular weight is 319 g/mol. The maximum atomic E-state index is 12.8. The fraction of sp³-hybridized carbons (Fsp3) is 0.438. The van der Waals surface area contributed by atoms with E-state index in [-0.39, 0.29) is 5.41 Å². The van der Waals surface area contributed by atoms with Gasteiger partial charge in [0.2, 0.25) is 10.0 Å². The second-order valence-corrected chi connectivity index (χ2v) is 8.63. The summed E-state index contributed by atoms with van der Waals surface area (Å²) >= 11 is 0. The van der Waals surface area contributed by atoms with Gasteiger partial charge < -0.3 is 4.98 Å². The summed E-state index contributed by atoms with van der Waals surface area (Å²) in [6, 6.07) is 7.22. The number of benzene rings is 1. The summed E-state index contributed by atoms with van der Waals surface area (Å²) in [5.74, 6) is 0. The Hall–Kier alpha value is -1.66. The van der Waals surface area contributed by atoms with E-state index in [1.165, 1.54) is 4.31 Å². The van der Waals surface area contributed by atoms with Gasteiger partial charge in [0.15, 0.2) is 0 Å². The smallest absolute Gasteiger partial charge is 0.243 e. The van der Waals surface area contributed by atoms with Crippen LogP contribution in [0.1, 0.15) is 37.7 Å². The van der Waals surface area contributed by atoms with Crippen LogP contribution in [0.3, 0.4) is 0 Å². The first-order valence-corrected chi connectivity index (χ1v) is 8.84. The van der Waals surface area contributed by atoms with Crippen molar-refractivity contribution in [1.82, 2.24) is 14.3 Å². The van der Waals surface area contributed by atoms with Gasteiger partial charge in [-0.25, -0.2) is 13.4 Å². The number of hydrogen-bond donors (Lipinski definition) is 1. The van der Waals surface area contributed by atoms with E-state index >= 15 is 0 Å². The number of imidazole rings is 1. The van der Waals surface area contributed by atoms with Crippen molar-refractivity contribution >= 4 is 10.0 Å². The van der Waals surface area contributed by atoms with Crippen molar-refractivity contribution < 1.29 is 8.42 Å². The molecule has 1 aromatic carbocycles. The van der Waals surface area contributed by atoms with Crippen LogP contribution < -0.4 is 0 Å². The highest BCUT2D eigenvalue weighted by Crippen LogP contribution is 2.26. The standard InChI is InChI=1S/C16H21N3O2S/c1-16(2,3)12-4-6-13(7-5-12)22(20,21)19-9-8-14-15(10-19)18-11-17-14/h4-7,11H,8-10H2,1-3H3,(H,17,18). The number of rotatable bonds is 2. The molecule has 0 aliphatic carbocycles. The zero-order valence-corrected chi connectivity index (χ0v) is 13.9. The Morgan fingerprint density at radius 1 is 1.18 bits per heavy atom. The molecule has 2 aromatic rings. The molecule has 118 valence electrons. The van der Waals surface area contributed by atoms with Gasteiger partial charge >= 0.3 is 0 Å². The topological polar surface area (TPSA) is 66.1 Å². The van der Waals surface area contributed by atoms with Gasteiger partial charge in [-0.1, -0.05) is 32.9 Å². The molecule has 0 saturated carbocycles. The lowest BCUT2D eigenvalue weighted by Crippen LogP contribution is -2.36. The van der Waals surface area contributed by atoms with Crippen molar-refractivity contribution in [1.29, 1.82) is 0 Å². The van der Waals surface area contributed by atoms with Crippen molar-refractivity contribution in [3.63, 3.8) is 0 Å². The zero-order chi connectivity index (χ0) is 16.0. The van der Waals surface area contributed by atoms with Crippen LogP contribution in [0.15, 0.2) is 35.5 Å². The Bertz CT molecular complexity index is 770. The van der Waals surface area contributed by atoms with Gasteiger partial charge in [0.25, 0.3) is 0 Å². The molecule has 0 radical (unpaired) electrons. The molecular formula is C16H21N3O2S. The molecule has 0 bridgehead atoms. The van der Waals surface area contributed by atoms with E-state index in [1.54, 1.807) is 18.5 Å². The lowest BCUT2D eigenvalue weighted by molar-refractivity contribution is 0.385. The Balaban J connectivity index is 1.88. The first-order valence-electron chi connectivity index (χ1n) is 7.40. The predicted molar refractivity (Wildman–Crippen MR) is 85.0 cm³/mol. The fourth-order valence-electron chi connectivity index (χ4n) is 2.67. The zero-order valence-electron chi connectivity index (χ0n) is 13.1. The van der Waals surface area contributed by atoms with Crippen molar-refractivity contribution in [2.24, 2.45) is 0 Å². The summed E-state index contributed by atoms with van der Waals surface area (Å²) in [6.07, 6.45) is 2.27. The number of sulfonamides is 1. The van der Waals surface area contributed by atoms with Crippen molar-refractivity contribution in [3.8, 4) is 0 Å². The molecule has 1 aromatic heterocycles. The second-order valence-electron chi connectivity index (χ2n) is 6.69. The molecule has 1 N–H and O–H groups in total. The van der Waals surface area contributed by atoms with Crippen LogP contribution in [-0.4, -0.2) is 29.2 Å².